The van der Waals surface area contributed by atoms with E-state index in [1.165, 1.54) is 54.8 Å². The van der Waals surface area contributed by atoms with Crippen LogP contribution in [0.25, 0.3) is 6.08 Å². The summed E-state index contributed by atoms with van der Waals surface area (Å²) in [6.45, 7) is 4.65. The number of carbonyl (C=O) groups is 2. The number of carboxylic acids is 1. The van der Waals surface area contributed by atoms with Crippen LogP contribution in [0.3, 0.4) is 0 Å². The maximum absolute atomic E-state index is 13.0. The number of thioether (sulfide) groups is 1. The van der Waals surface area contributed by atoms with E-state index in [4.69, 9.17) is 17.0 Å². The highest BCUT2D eigenvalue weighted by Gasteiger charge is 2.33. The van der Waals surface area contributed by atoms with Crippen molar-refractivity contribution >= 4 is 51.9 Å². The largest absolute Gasteiger partial charge is 0.494 e. The van der Waals surface area contributed by atoms with Crippen LogP contribution in [-0.2, 0) is 4.79 Å². The highest BCUT2D eigenvalue weighted by atomic mass is 32.2. The van der Waals surface area contributed by atoms with E-state index in [0.717, 1.165) is 17.7 Å². The number of aryl methyl sites for hydroxylation is 1. The van der Waals surface area contributed by atoms with Crippen molar-refractivity contribution in [2.75, 3.05) is 11.5 Å². The van der Waals surface area contributed by atoms with Crippen LogP contribution in [0.2, 0.25) is 0 Å². The van der Waals surface area contributed by atoms with Gasteiger partial charge in [-0.3, -0.25) is 9.69 Å². The normalized spacial score (nSPS) is 14.8. The van der Waals surface area contributed by atoms with Crippen molar-refractivity contribution in [3.05, 3.63) is 64.1 Å². The van der Waals surface area contributed by atoms with Gasteiger partial charge in [-0.05, 0) is 54.8 Å². The van der Waals surface area contributed by atoms with E-state index in [0.29, 0.717) is 27.1 Å². The average molecular weight is 484 g/mol. The molecule has 33 heavy (non-hydrogen) atoms. The quantitative estimate of drug-likeness (QED) is 0.214. The Hall–Kier alpha value is -2.64. The van der Waals surface area contributed by atoms with Crippen LogP contribution >= 0.6 is 24.0 Å². The molecule has 2 aromatic carbocycles. The van der Waals surface area contributed by atoms with Crippen molar-refractivity contribution in [2.45, 2.75) is 52.4 Å². The van der Waals surface area contributed by atoms with E-state index in [9.17, 15) is 14.7 Å². The van der Waals surface area contributed by atoms with Crippen LogP contribution in [-0.4, -0.2) is 27.9 Å². The van der Waals surface area contributed by atoms with Gasteiger partial charge in [0, 0.05) is 0 Å². The first-order valence-corrected chi connectivity index (χ1v) is 12.5. The molecule has 1 heterocycles. The number of carbonyl (C=O) groups excluding carboxylic acids is 1. The van der Waals surface area contributed by atoms with Crippen LogP contribution in [0, 0.1) is 6.92 Å². The monoisotopic (exact) mass is 483 g/mol. The smallest absolute Gasteiger partial charge is 0.336 e. The molecule has 0 aliphatic carbocycles. The fourth-order valence-electron chi connectivity index (χ4n) is 3.55. The van der Waals surface area contributed by atoms with Crippen LogP contribution in [0.15, 0.2) is 47.4 Å². The number of thiocarbonyl (C=S) groups is 1. The summed E-state index contributed by atoms with van der Waals surface area (Å²) in [4.78, 5) is 26.3. The Morgan fingerprint density at radius 2 is 1.79 bits per heavy atom. The van der Waals surface area contributed by atoms with Gasteiger partial charge in [-0.1, -0.05) is 81.2 Å². The van der Waals surface area contributed by atoms with Gasteiger partial charge in [0.1, 0.15) is 5.75 Å². The van der Waals surface area contributed by atoms with Crippen molar-refractivity contribution in [3.8, 4) is 5.75 Å². The molecule has 0 saturated carbocycles. The molecule has 0 aromatic heterocycles. The Morgan fingerprint density at radius 3 is 2.48 bits per heavy atom. The third kappa shape index (κ3) is 6.68. The maximum Gasteiger partial charge on any atom is 0.336 e. The number of benzene rings is 2. The Morgan fingerprint density at radius 1 is 1.09 bits per heavy atom. The van der Waals surface area contributed by atoms with Crippen LogP contribution in [0.5, 0.6) is 5.75 Å². The highest BCUT2D eigenvalue weighted by Crippen LogP contribution is 2.36. The summed E-state index contributed by atoms with van der Waals surface area (Å²) in [5.41, 5.74) is 2.12. The molecule has 1 aliphatic heterocycles. The zero-order valence-electron chi connectivity index (χ0n) is 19.0. The number of unbranched alkanes of at least 4 members (excludes halogenated alkanes) is 5. The first kappa shape index (κ1) is 25.0. The Kier molecular flexibility index (Phi) is 9.09. The summed E-state index contributed by atoms with van der Waals surface area (Å²) in [5.74, 6) is -0.475. The van der Waals surface area contributed by atoms with Gasteiger partial charge in [0.25, 0.3) is 5.91 Å². The topological polar surface area (TPSA) is 66.8 Å². The van der Waals surface area contributed by atoms with E-state index in [-0.39, 0.29) is 11.5 Å². The SMILES string of the molecule is CCCCCCCCOc1ccc(/C=C2/SC(=S)N(c3ccc(C)c(C(=O)O)c3)C2=O)cc1. The Labute approximate surface area is 204 Å². The minimum Gasteiger partial charge on any atom is -0.494 e. The molecule has 2 aromatic rings. The lowest BCUT2D eigenvalue weighted by Gasteiger charge is -2.15. The van der Waals surface area contributed by atoms with E-state index in [1.807, 2.05) is 24.3 Å². The van der Waals surface area contributed by atoms with Gasteiger partial charge in [0.05, 0.1) is 22.8 Å². The maximum atomic E-state index is 13.0. The molecule has 1 fully saturated rings. The molecule has 174 valence electrons. The summed E-state index contributed by atoms with van der Waals surface area (Å²) in [6, 6.07) is 12.5. The van der Waals surface area contributed by atoms with Crippen molar-refractivity contribution in [1.29, 1.82) is 0 Å². The van der Waals surface area contributed by atoms with Gasteiger partial charge < -0.3 is 9.84 Å². The van der Waals surface area contributed by atoms with Gasteiger partial charge in [0.2, 0.25) is 0 Å². The summed E-state index contributed by atoms with van der Waals surface area (Å²) in [7, 11) is 0. The molecule has 1 saturated heterocycles. The lowest BCUT2D eigenvalue weighted by molar-refractivity contribution is -0.113. The number of anilines is 1. The van der Waals surface area contributed by atoms with Crippen molar-refractivity contribution in [1.82, 2.24) is 0 Å². The predicted octanol–water partition coefficient (Wildman–Crippen LogP) is 6.84. The molecule has 1 amide bonds. The lowest BCUT2D eigenvalue weighted by Crippen LogP contribution is -2.27. The zero-order valence-corrected chi connectivity index (χ0v) is 20.6. The van der Waals surface area contributed by atoms with Crippen molar-refractivity contribution < 1.29 is 19.4 Å². The second kappa shape index (κ2) is 12.0. The molecule has 0 radical (unpaired) electrons. The first-order valence-electron chi connectivity index (χ1n) is 11.3. The number of amides is 1. The molecule has 0 atom stereocenters. The third-order valence-corrected chi connectivity index (χ3v) is 6.75. The number of hydrogen-bond acceptors (Lipinski definition) is 5. The standard InChI is InChI=1S/C26H29NO4S2/c1-3-4-5-6-7-8-15-31-21-13-10-19(11-14-21)16-23-24(28)27(26(32)33-23)20-12-9-18(2)22(17-20)25(29)30/h9-14,16-17H,3-8,15H2,1-2H3,(H,29,30)/b23-16+. The molecule has 7 heteroatoms. The minimum absolute atomic E-state index is 0.155. The number of nitrogens with zero attached hydrogens (tertiary/aromatic N) is 1. The number of carboxylic acid groups (broad SMARTS) is 1. The molecular weight excluding hydrogens is 454 g/mol. The van der Waals surface area contributed by atoms with E-state index >= 15 is 0 Å². The van der Waals surface area contributed by atoms with Gasteiger partial charge in [-0.15, -0.1) is 0 Å². The van der Waals surface area contributed by atoms with E-state index < -0.39 is 5.97 Å². The molecule has 1 aliphatic rings. The first-order chi connectivity index (χ1) is 15.9. The molecule has 3 rings (SSSR count). The summed E-state index contributed by atoms with van der Waals surface area (Å²) < 4.78 is 6.20. The molecule has 5 nitrogen and oxygen atoms in total. The Balaban J connectivity index is 1.61. The Bertz CT molecular complexity index is 1050. The lowest BCUT2D eigenvalue weighted by atomic mass is 10.1. The fraction of sp³-hybridized carbons (Fsp3) is 0.346. The van der Waals surface area contributed by atoms with Crippen LogP contribution < -0.4 is 9.64 Å². The van der Waals surface area contributed by atoms with Gasteiger partial charge in [-0.2, -0.15) is 0 Å². The predicted molar refractivity (Wildman–Crippen MR) is 139 cm³/mol. The van der Waals surface area contributed by atoms with Crippen molar-refractivity contribution in [2.24, 2.45) is 0 Å². The summed E-state index contributed by atoms with van der Waals surface area (Å²) in [6.07, 6.45) is 9.14. The number of rotatable bonds is 11. The van der Waals surface area contributed by atoms with E-state index in [2.05, 4.69) is 6.92 Å². The second-order valence-corrected chi connectivity index (χ2v) is 9.68. The molecule has 0 spiro atoms. The highest BCUT2D eigenvalue weighted by molar-refractivity contribution is 8.27. The summed E-state index contributed by atoms with van der Waals surface area (Å²) in [5, 5.41) is 9.38. The van der Waals surface area contributed by atoms with Gasteiger partial charge >= 0.3 is 5.97 Å². The molecular formula is C26H29NO4S2. The number of ether oxygens (including phenoxy) is 1. The average Bonchev–Trinajstić information content (AvgIpc) is 3.07. The number of hydrogen-bond donors (Lipinski definition) is 1. The van der Waals surface area contributed by atoms with Gasteiger partial charge in [-0.25, -0.2) is 4.79 Å². The second-order valence-electron chi connectivity index (χ2n) is 8.01. The third-order valence-electron chi connectivity index (χ3n) is 5.45. The molecule has 0 bridgehead atoms. The molecule has 1 N–H and O–H groups in total. The van der Waals surface area contributed by atoms with Crippen molar-refractivity contribution in [3.63, 3.8) is 0 Å². The van der Waals surface area contributed by atoms with Gasteiger partial charge in [0.15, 0.2) is 4.32 Å². The van der Waals surface area contributed by atoms with Crippen LogP contribution in [0.4, 0.5) is 5.69 Å². The zero-order chi connectivity index (χ0) is 23.8. The van der Waals surface area contributed by atoms with E-state index in [1.54, 1.807) is 25.1 Å². The number of aromatic carboxylic acids is 1. The minimum atomic E-state index is -1.03. The summed E-state index contributed by atoms with van der Waals surface area (Å²) >= 11 is 6.62. The van der Waals surface area contributed by atoms with Crippen LogP contribution in [0.1, 0.15) is 66.9 Å². The molecule has 0 unspecified atom stereocenters. The fourth-order valence-corrected chi connectivity index (χ4v) is 4.85.